The van der Waals surface area contributed by atoms with Crippen molar-refractivity contribution in [3.05, 3.63) is 72.1 Å². The molecule has 0 spiro atoms. The van der Waals surface area contributed by atoms with Crippen molar-refractivity contribution in [3.8, 4) is 5.69 Å². The maximum absolute atomic E-state index is 12.8. The molecule has 31 heavy (non-hydrogen) atoms. The largest absolute Gasteiger partial charge is 0.342 e. The van der Waals surface area contributed by atoms with Crippen LogP contribution in [0.1, 0.15) is 54.1 Å². The summed E-state index contributed by atoms with van der Waals surface area (Å²) in [7, 11) is 1.86. The summed E-state index contributed by atoms with van der Waals surface area (Å²) in [5, 5.41) is 11.2. The Hall–Kier alpha value is -3.10. The second-order valence-electron chi connectivity index (χ2n) is 8.07. The number of benzene rings is 2. The molecule has 1 aliphatic heterocycles. The van der Waals surface area contributed by atoms with E-state index in [1.54, 1.807) is 9.58 Å². The van der Waals surface area contributed by atoms with E-state index in [0.717, 1.165) is 44.3 Å². The number of tetrazole rings is 1. The van der Waals surface area contributed by atoms with Crippen molar-refractivity contribution in [3.63, 3.8) is 0 Å². The van der Waals surface area contributed by atoms with Crippen LogP contribution in [0.2, 0.25) is 0 Å². The number of nitrogens with one attached hydrogen (secondary N) is 2. The van der Waals surface area contributed by atoms with Gasteiger partial charge in [0, 0.05) is 31.2 Å². The van der Waals surface area contributed by atoms with Crippen LogP contribution in [-0.4, -0.2) is 50.6 Å². The van der Waals surface area contributed by atoms with Gasteiger partial charge in [0.25, 0.3) is 5.91 Å². The van der Waals surface area contributed by atoms with E-state index in [2.05, 4.69) is 56.7 Å². The van der Waals surface area contributed by atoms with Crippen LogP contribution in [0.5, 0.6) is 0 Å². The van der Waals surface area contributed by atoms with Crippen LogP contribution in [0.4, 0.5) is 0 Å². The van der Waals surface area contributed by atoms with E-state index < -0.39 is 0 Å². The summed E-state index contributed by atoms with van der Waals surface area (Å²) in [6, 6.07) is 18.8. The lowest BCUT2D eigenvalue weighted by Crippen LogP contribution is -2.30. The van der Waals surface area contributed by atoms with Crippen LogP contribution in [0, 0.1) is 0 Å². The fraction of sp³-hybridized carbons (Fsp3) is 0.391. The van der Waals surface area contributed by atoms with Crippen molar-refractivity contribution in [2.45, 2.75) is 44.2 Å². The predicted molar refractivity (Wildman–Crippen MR) is 118 cm³/mol. The molecule has 2 aromatic carbocycles. The predicted octanol–water partition coefficient (Wildman–Crippen LogP) is 2.90. The van der Waals surface area contributed by atoms with Gasteiger partial charge in [0.2, 0.25) is 0 Å². The highest BCUT2D eigenvalue weighted by molar-refractivity contribution is 5.94. The molecule has 4 rings (SSSR count). The molecule has 2 heterocycles. The average molecular weight is 420 g/mol. The lowest BCUT2D eigenvalue weighted by molar-refractivity contribution is 0.0792. The van der Waals surface area contributed by atoms with Crippen molar-refractivity contribution < 1.29 is 4.79 Å². The number of carbonyl (C=O) groups is 1. The first kappa shape index (κ1) is 21.1. The van der Waals surface area contributed by atoms with Crippen molar-refractivity contribution in [2.24, 2.45) is 0 Å². The summed E-state index contributed by atoms with van der Waals surface area (Å²) >= 11 is 0. The minimum Gasteiger partial charge on any atom is -0.342 e. The maximum atomic E-state index is 12.8. The van der Waals surface area contributed by atoms with Crippen LogP contribution in [-0.2, 0) is 0 Å². The van der Waals surface area contributed by atoms with Crippen molar-refractivity contribution >= 4 is 5.91 Å². The first-order chi connectivity index (χ1) is 15.2. The molecule has 1 amide bonds. The van der Waals surface area contributed by atoms with Gasteiger partial charge in [0.1, 0.15) is 6.33 Å². The second kappa shape index (κ2) is 10.3. The van der Waals surface area contributed by atoms with E-state index >= 15 is 0 Å². The third kappa shape index (κ3) is 5.53. The number of hydrogen-bond acceptors (Lipinski definition) is 6. The zero-order chi connectivity index (χ0) is 21.5. The van der Waals surface area contributed by atoms with E-state index in [1.807, 2.05) is 31.3 Å². The molecule has 2 unspecified atom stereocenters. The van der Waals surface area contributed by atoms with E-state index in [0.29, 0.717) is 17.6 Å². The molecular formula is C23H29N7O. The standard InChI is InChI=1S/C23H29N7O/c1-29(23(31)19-11-8-13-21(15-19)30-17-24-27-28-30)14-7-3-6-12-20-16-22(26-25-20)18-9-4-2-5-10-18/h2,4-5,8-11,13,15,17,20,22,25-26H,3,6-7,12,14,16H2,1H3. The molecule has 0 aliphatic carbocycles. The Morgan fingerprint density at radius 2 is 1.97 bits per heavy atom. The zero-order valence-corrected chi connectivity index (χ0v) is 17.8. The SMILES string of the molecule is CN(CCCCCC1CC(c2ccccc2)NN1)C(=O)c1cccc(-n2cnnn2)c1. The smallest absolute Gasteiger partial charge is 0.253 e. The molecule has 0 bridgehead atoms. The van der Waals surface area contributed by atoms with Crippen LogP contribution >= 0.6 is 0 Å². The van der Waals surface area contributed by atoms with Gasteiger partial charge in [-0.2, -0.15) is 0 Å². The van der Waals surface area contributed by atoms with Gasteiger partial charge in [-0.15, -0.1) is 5.10 Å². The van der Waals surface area contributed by atoms with Gasteiger partial charge >= 0.3 is 0 Å². The summed E-state index contributed by atoms with van der Waals surface area (Å²) in [5.41, 5.74) is 9.59. The summed E-state index contributed by atoms with van der Waals surface area (Å²) in [5.74, 6) is 0.0160. The maximum Gasteiger partial charge on any atom is 0.253 e. The molecule has 0 radical (unpaired) electrons. The normalized spacial score (nSPS) is 18.2. The van der Waals surface area contributed by atoms with Crippen molar-refractivity contribution in [1.82, 2.24) is 36.0 Å². The van der Waals surface area contributed by atoms with E-state index in [9.17, 15) is 4.79 Å². The molecule has 2 atom stereocenters. The van der Waals surface area contributed by atoms with E-state index in [1.165, 1.54) is 11.9 Å². The molecule has 1 aromatic heterocycles. The summed E-state index contributed by atoms with van der Waals surface area (Å²) in [6.45, 7) is 0.747. The monoisotopic (exact) mass is 419 g/mol. The van der Waals surface area contributed by atoms with Crippen LogP contribution in [0.25, 0.3) is 5.69 Å². The molecule has 1 saturated heterocycles. The molecule has 1 aliphatic rings. The van der Waals surface area contributed by atoms with Crippen LogP contribution in [0.15, 0.2) is 60.9 Å². The first-order valence-corrected chi connectivity index (χ1v) is 10.9. The Morgan fingerprint density at radius 3 is 2.77 bits per heavy atom. The van der Waals surface area contributed by atoms with Crippen LogP contribution < -0.4 is 10.9 Å². The molecular weight excluding hydrogens is 390 g/mol. The summed E-state index contributed by atoms with van der Waals surface area (Å²) in [4.78, 5) is 14.5. The molecule has 8 heteroatoms. The van der Waals surface area contributed by atoms with Gasteiger partial charge in [-0.25, -0.2) is 4.68 Å². The number of carbonyl (C=O) groups excluding carboxylic acids is 1. The number of rotatable bonds is 9. The van der Waals surface area contributed by atoms with Gasteiger partial charge in [0.15, 0.2) is 0 Å². The topological polar surface area (TPSA) is 88.0 Å². The molecule has 1 fully saturated rings. The molecule has 8 nitrogen and oxygen atoms in total. The third-order valence-electron chi connectivity index (χ3n) is 5.78. The zero-order valence-electron chi connectivity index (χ0n) is 17.8. The van der Waals surface area contributed by atoms with Crippen molar-refractivity contribution in [1.29, 1.82) is 0 Å². The fourth-order valence-corrected chi connectivity index (χ4v) is 4.02. The Balaban J connectivity index is 1.17. The summed E-state index contributed by atoms with van der Waals surface area (Å²) < 4.78 is 1.55. The Kier molecular flexibility index (Phi) is 7.01. The third-order valence-corrected chi connectivity index (χ3v) is 5.78. The number of aromatic nitrogens is 4. The minimum absolute atomic E-state index is 0.0160. The number of hydrogen-bond donors (Lipinski definition) is 2. The molecule has 3 aromatic rings. The first-order valence-electron chi connectivity index (χ1n) is 10.9. The van der Waals surface area contributed by atoms with Crippen molar-refractivity contribution in [2.75, 3.05) is 13.6 Å². The van der Waals surface area contributed by atoms with Gasteiger partial charge < -0.3 is 4.90 Å². The Bertz CT molecular complexity index is 961. The summed E-state index contributed by atoms with van der Waals surface area (Å²) in [6.07, 6.45) is 7.03. The quantitative estimate of drug-likeness (QED) is 0.519. The molecule has 2 N–H and O–H groups in total. The number of unbranched alkanes of at least 4 members (excludes halogenated alkanes) is 2. The highest BCUT2D eigenvalue weighted by atomic mass is 16.2. The van der Waals surface area contributed by atoms with Gasteiger partial charge in [-0.05, 0) is 53.5 Å². The van der Waals surface area contributed by atoms with Crippen LogP contribution in [0.3, 0.4) is 0 Å². The Morgan fingerprint density at radius 1 is 1.10 bits per heavy atom. The molecule has 162 valence electrons. The average Bonchev–Trinajstić information content (AvgIpc) is 3.51. The lowest BCUT2D eigenvalue weighted by Gasteiger charge is -2.18. The Labute approximate surface area is 182 Å². The minimum atomic E-state index is 0.0160. The van der Waals surface area contributed by atoms with Gasteiger partial charge in [0.05, 0.1) is 5.69 Å². The molecule has 0 saturated carbocycles. The lowest BCUT2D eigenvalue weighted by atomic mass is 9.99. The van der Waals surface area contributed by atoms with E-state index in [-0.39, 0.29) is 5.91 Å². The number of amides is 1. The second-order valence-corrected chi connectivity index (χ2v) is 8.07. The van der Waals surface area contributed by atoms with Gasteiger partial charge in [-0.1, -0.05) is 49.2 Å². The number of hydrazine groups is 1. The van der Waals surface area contributed by atoms with E-state index in [4.69, 9.17) is 0 Å². The van der Waals surface area contributed by atoms with Gasteiger partial charge in [-0.3, -0.25) is 15.6 Å². The fourth-order valence-electron chi connectivity index (χ4n) is 4.02. The highest BCUT2D eigenvalue weighted by Crippen LogP contribution is 2.24. The number of nitrogens with zero attached hydrogens (tertiary/aromatic N) is 5. The highest BCUT2D eigenvalue weighted by Gasteiger charge is 2.24.